The van der Waals surface area contributed by atoms with Gasteiger partial charge in [-0.2, -0.15) is 0 Å². The fraction of sp³-hybridized carbons (Fsp3) is 1.00. The molecule has 2 heteroatoms. The molecule has 1 fully saturated rings. The van der Waals surface area contributed by atoms with E-state index in [1.165, 1.54) is 38.5 Å². The molecule has 2 atom stereocenters. The lowest BCUT2D eigenvalue weighted by atomic mass is 9.87. The van der Waals surface area contributed by atoms with Gasteiger partial charge in [0.25, 0.3) is 0 Å². The third-order valence-electron chi connectivity index (χ3n) is 4.55. The van der Waals surface area contributed by atoms with Gasteiger partial charge in [-0.15, -0.1) is 0 Å². The zero-order valence-electron chi connectivity index (χ0n) is 12.7. The van der Waals surface area contributed by atoms with Crippen molar-refractivity contribution in [2.45, 2.75) is 78.2 Å². The van der Waals surface area contributed by atoms with Crippen LogP contribution in [0, 0.1) is 11.3 Å². The standard InChI is InChI=1S/C16H33NO/c1-4-14-7-5-8-15(10-9-14)17-13-16(2,3)11-6-12-18/h14-15,17-18H,4-13H2,1-3H3. The molecule has 0 radical (unpaired) electrons. The van der Waals surface area contributed by atoms with Crippen LogP contribution in [0.2, 0.25) is 0 Å². The van der Waals surface area contributed by atoms with E-state index in [0.717, 1.165) is 31.3 Å². The Bertz CT molecular complexity index is 215. The van der Waals surface area contributed by atoms with E-state index in [0.29, 0.717) is 12.0 Å². The lowest BCUT2D eigenvalue weighted by molar-refractivity contribution is 0.229. The Morgan fingerprint density at radius 1 is 1.17 bits per heavy atom. The molecule has 0 aromatic carbocycles. The highest BCUT2D eigenvalue weighted by atomic mass is 16.2. The number of aliphatic hydroxyl groups is 1. The van der Waals surface area contributed by atoms with Crippen molar-refractivity contribution in [2.24, 2.45) is 11.3 Å². The van der Waals surface area contributed by atoms with E-state index in [1.807, 2.05) is 0 Å². The minimum atomic E-state index is 0.319. The van der Waals surface area contributed by atoms with Gasteiger partial charge >= 0.3 is 0 Å². The molecule has 0 aliphatic heterocycles. The summed E-state index contributed by atoms with van der Waals surface area (Å²) in [6.45, 7) is 8.36. The van der Waals surface area contributed by atoms with Gasteiger partial charge in [-0.05, 0) is 43.4 Å². The molecule has 0 spiro atoms. The van der Waals surface area contributed by atoms with Crippen LogP contribution in [0.5, 0.6) is 0 Å². The Balaban J connectivity index is 2.25. The first-order valence-corrected chi connectivity index (χ1v) is 7.91. The van der Waals surface area contributed by atoms with Crippen molar-refractivity contribution in [1.29, 1.82) is 0 Å². The number of aliphatic hydroxyl groups excluding tert-OH is 1. The molecule has 0 aromatic rings. The van der Waals surface area contributed by atoms with Crippen LogP contribution in [0.15, 0.2) is 0 Å². The predicted molar refractivity (Wildman–Crippen MR) is 78.8 cm³/mol. The summed E-state index contributed by atoms with van der Waals surface area (Å²) in [7, 11) is 0. The van der Waals surface area contributed by atoms with E-state index in [1.54, 1.807) is 0 Å². The maximum atomic E-state index is 8.92. The number of hydrogen-bond acceptors (Lipinski definition) is 2. The molecule has 0 amide bonds. The van der Waals surface area contributed by atoms with Gasteiger partial charge in [0.05, 0.1) is 0 Å². The van der Waals surface area contributed by atoms with Gasteiger partial charge in [0.2, 0.25) is 0 Å². The molecule has 1 aliphatic rings. The van der Waals surface area contributed by atoms with Crippen LogP contribution in [-0.4, -0.2) is 24.3 Å². The van der Waals surface area contributed by atoms with Crippen molar-refractivity contribution in [3.63, 3.8) is 0 Å². The van der Waals surface area contributed by atoms with Gasteiger partial charge in [0, 0.05) is 19.2 Å². The minimum absolute atomic E-state index is 0.319. The van der Waals surface area contributed by atoms with Crippen molar-refractivity contribution in [3.8, 4) is 0 Å². The highest BCUT2D eigenvalue weighted by Crippen LogP contribution is 2.27. The van der Waals surface area contributed by atoms with Gasteiger partial charge in [-0.1, -0.05) is 40.0 Å². The van der Waals surface area contributed by atoms with Gasteiger partial charge in [0.15, 0.2) is 0 Å². The molecule has 2 nitrogen and oxygen atoms in total. The average molecular weight is 255 g/mol. The maximum absolute atomic E-state index is 8.92. The fourth-order valence-electron chi connectivity index (χ4n) is 3.06. The highest BCUT2D eigenvalue weighted by Gasteiger charge is 2.21. The second kappa shape index (κ2) is 8.16. The quantitative estimate of drug-likeness (QED) is 0.679. The summed E-state index contributed by atoms with van der Waals surface area (Å²) in [5, 5.41) is 12.7. The molecule has 1 saturated carbocycles. The van der Waals surface area contributed by atoms with Crippen molar-refractivity contribution in [2.75, 3.05) is 13.2 Å². The first-order chi connectivity index (χ1) is 8.57. The second-order valence-electron chi connectivity index (χ2n) is 6.85. The average Bonchev–Trinajstić information content (AvgIpc) is 2.59. The first-order valence-electron chi connectivity index (χ1n) is 7.91. The molecule has 1 rings (SSSR count). The zero-order chi connectivity index (χ0) is 13.4. The summed E-state index contributed by atoms with van der Waals surface area (Å²) in [5.74, 6) is 0.971. The van der Waals surface area contributed by atoms with Crippen molar-refractivity contribution < 1.29 is 5.11 Å². The van der Waals surface area contributed by atoms with Crippen molar-refractivity contribution in [1.82, 2.24) is 5.32 Å². The third-order valence-corrected chi connectivity index (χ3v) is 4.55. The molecule has 0 saturated heterocycles. The van der Waals surface area contributed by atoms with E-state index < -0.39 is 0 Å². The van der Waals surface area contributed by atoms with E-state index in [9.17, 15) is 0 Å². The van der Waals surface area contributed by atoms with Crippen LogP contribution in [0.4, 0.5) is 0 Å². The Labute approximate surface area is 114 Å². The summed E-state index contributed by atoms with van der Waals surface area (Å²) in [6, 6.07) is 0.731. The molecule has 0 heterocycles. The normalized spacial score (nSPS) is 26.0. The Morgan fingerprint density at radius 3 is 2.61 bits per heavy atom. The largest absolute Gasteiger partial charge is 0.396 e. The first kappa shape index (κ1) is 16.0. The van der Waals surface area contributed by atoms with Crippen LogP contribution < -0.4 is 5.32 Å². The summed E-state index contributed by atoms with van der Waals surface area (Å²) in [6.07, 6.45) is 10.3. The Hall–Kier alpha value is -0.0800. The summed E-state index contributed by atoms with van der Waals surface area (Å²) in [4.78, 5) is 0. The Morgan fingerprint density at radius 2 is 1.94 bits per heavy atom. The van der Waals surface area contributed by atoms with Crippen molar-refractivity contribution >= 4 is 0 Å². The SMILES string of the molecule is CCC1CCCC(NCC(C)(C)CCCO)CC1. The van der Waals surface area contributed by atoms with E-state index >= 15 is 0 Å². The predicted octanol–water partition coefficient (Wildman–Crippen LogP) is 3.73. The third kappa shape index (κ3) is 6.19. The lowest BCUT2D eigenvalue weighted by Gasteiger charge is -2.28. The van der Waals surface area contributed by atoms with E-state index in [-0.39, 0.29) is 0 Å². The lowest BCUT2D eigenvalue weighted by Crippen LogP contribution is -2.37. The molecule has 0 aromatic heterocycles. The zero-order valence-corrected chi connectivity index (χ0v) is 12.7. The minimum Gasteiger partial charge on any atom is -0.396 e. The maximum Gasteiger partial charge on any atom is 0.0431 e. The molecule has 1 aliphatic carbocycles. The van der Waals surface area contributed by atoms with Crippen LogP contribution in [0.3, 0.4) is 0 Å². The van der Waals surface area contributed by atoms with Crippen molar-refractivity contribution in [3.05, 3.63) is 0 Å². The van der Waals surface area contributed by atoms with Gasteiger partial charge in [0.1, 0.15) is 0 Å². The van der Waals surface area contributed by atoms with Crippen LogP contribution in [0.25, 0.3) is 0 Å². The van der Waals surface area contributed by atoms with E-state index in [2.05, 4.69) is 26.1 Å². The van der Waals surface area contributed by atoms with E-state index in [4.69, 9.17) is 5.11 Å². The van der Waals surface area contributed by atoms with Gasteiger partial charge < -0.3 is 10.4 Å². The molecule has 18 heavy (non-hydrogen) atoms. The highest BCUT2D eigenvalue weighted by molar-refractivity contribution is 4.78. The fourth-order valence-corrected chi connectivity index (χ4v) is 3.06. The van der Waals surface area contributed by atoms with Gasteiger partial charge in [-0.3, -0.25) is 0 Å². The van der Waals surface area contributed by atoms with Crippen LogP contribution in [-0.2, 0) is 0 Å². The molecule has 2 N–H and O–H groups in total. The molecule has 2 unspecified atom stereocenters. The second-order valence-corrected chi connectivity index (χ2v) is 6.85. The summed E-state index contributed by atoms with van der Waals surface area (Å²) >= 11 is 0. The molecular weight excluding hydrogens is 222 g/mol. The Kier molecular flexibility index (Phi) is 7.25. The van der Waals surface area contributed by atoms with Crippen LogP contribution >= 0.6 is 0 Å². The molecular formula is C16H33NO. The summed E-state index contributed by atoms with van der Waals surface area (Å²) < 4.78 is 0. The smallest absolute Gasteiger partial charge is 0.0431 e. The summed E-state index contributed by atoms with van der Waals surface area (Å²) in [5.41, 5.74) is 0.319. The topological polar surface area (TPSA) is 32.3 Å². The number of hydrogen-bond donors (Lipinski definition) is 2. The molecule has 108 valence electrons. The molecule has 0 bridgehead atoms. The number of nitrogens with one attached hydrogen (secondary N) is 1. The monoisotopic (exact) mass is 255 g/mol. The number of rotatable bonds is 7. The van der Waals surface area contributed by atoms with Crippen LogP contribution in [0.1, 0.15) is 72.1 Å². The van der Waals surface area contributed by atoms with Gasteiger partial charge in [-0.25, -0.2) is 0 Å².